The lowest BCUT2D eigenvalue weighted by molar-refractivity contribution is 0.0512. The Balaban J connectivity index is 1.68. The molecule has 1 N–H and O–H groups in total. The molecule has 0 atom stereocenters. The molecule has 0 saturated heterocycles. The molecule has 9 nitrogen and oxygen atoms in total. The van der Waals surface area contributed by atoms with E-state index in [0.29, 0.717) is 22.6 Å². The minimum atomic E-state index is -0.484. The van der Waals surface area contributed by atoms with Gasteiger partial charge in [-0.2, -0.15) is 5.10 Å². The summed E-state index contributed by atoms with van der Waals surface area (Å²) < 4.78 is 11.4. The number of pyridine rings is 1. The molecule has 3 aromatic rings. The fourth-order valence-electron chi connectivity index (χ4n) is 2.79. The highest BCUT2D eigenvalue weighted by Gasteiger charge is 2.15. The van der Waals surface area contributed by atoms with Gasteiger partial charge in [-0.05, 0) is 63.2 Å². The number of nitrogens with zero attached hydrogens (tertiary/aromatic N) is 3. The summed E-state index contributed by atoms with van der Waals surface area (Å²) in [6.45, 7) is 5.64. The van der Waals surface area contributed by atoms with Gasteiger partial charge in [0.15, 0.2) is 5.69 Å². The molecule has 0 aliphatic heterocycles. The van der Waals surface area contributed by atoms with Crippen LogP contribution in [0.25, 0.3) is 5.69 Å². The minimum absolute atomic E-state index is 0.181. The predicted octanol–water partition coefficient (Wildman–Crippen LogP) is 3.18. The summed E-state index contributed by atoms with van der Waals surface area (Å²) in [5.74, 6) is -1.36. The van der Waals surface area contributed by atoms with Gasteiger partial charge in [-0.25, -0.2) is 19.3 Å². The second-order valence-corrected chi connectivity index (χ2v) is 6.42. The Labute approximate surface area is 179 Å². The Kier molecular flexibility index (Phi) is 6.76. The zero-order chi connectivity index (χ0) is 22.4. The number of anilines is 1. The molecule has 0 saturated carbocycles. The molecule has 0 radical (unpaired) electrons. The topological polar surface area (TPSA) is 112 Å². The van der Waals surface area contributed by atoms with E-state index in [0.717, 1.165) is 0 Å². The number of aromatic nitrogens is 3. The molecule has 1 aromatic carbocycles. The molecule has 0 fully saturated rings. The smallest absolute Gasteiger partial charge is 0.358 e. The number of ether oxygens (including phenoxy) is 2. The van der Waals surface area contributed by atoms with Gasteiger partial charge in [0.2, 0.25) is 0 Å². The maximum Gasteiger partial charge on any atom is 0.358 e. The number of amides is 1. The van der Waals surface area contributed by atoms with E-state index in [-0.39, 0.29) is 24.6 Å². The molecule has 160 valence electrons. The zero-order valence-corrected chi connectivity index (χ0v) is 17.4. The molecule has 0 aliphatic rings. The van der Waals surface area contributed by atoms with E-state index >= 15 is 0 Å². The molecular formula is C22H22N4O5. The van der Waals surface area contributed by atoms with Gasteiger partial charge in [0.05, 0.1) is 30.2 Å². The van der Waals surface area contributed by atoms with Crippen molar-refractivity contribution in [3.8, 4) is 5.69 Å². The largest absolute Gasteiger partial charge is 0.462 e. The van der Waals surface area contributed by atoms with Gasteiger partial charge in [0.25, 0.3) is 5.91 Å². The monoisotopic (exact) mass is 422 g/mol. The number of hydrogen-bond donors (Lipinski definition) is 1. The van der Waals surface area contributed by atoms with E-state index in [1.54, 1.807) is 57.3 Å². The van der Waals surface area contributed by atoms with Crippen molar-refractivity contribution >= 4 is 23.5 Å². The highest BCUT2D eigenvalue weighted by atomic mass is 16.5. The van der Waals surface area contributed by atoms with Crippen LogP contribution >= 0.6 is 0 Å². The van der Waals surface area contributed by atoms with Crippen LogP contribution in [0.3, 0.4) is 0 Å². The van der Waals surface area contributed by atoms with Crippen LogP contribution in [0.5, 0.6) is 0 Å². The lowest BCUT2D eigenvalue weighted by Crippen LogP contribution is -2.16. The first kappa shape index (κ1) is 21.7. The van der Waals surface area contributed by atoms with E-state index in [1.807, 2.05) is 0 Å². The van der Waals surface area contributed by atoms with Crippen molar-refractivity contribution in [2.75, 3.05) is 18.5 Å². The molecule has 2 aromatic heterocycles. The maximum absolute atomic E-state index is 12.5. The van der Waals surface area contributed by atoms with Gasteiger partial charge in [-0.3, -0.25) is 4.79 Å². The van der Waals surface area contributed by atoms with Gasteiger partial charge >= 0.3 is 11.9 Å². The molecule has 0 unspecified atom stereocenters. The number of benzene rings is 1. The Morgan fingerprint density at radius 3 is 2.23 bits per heavy atom. The summed E-state index contributed by atoms with van der Waals surface area (Å²) >= 11 is 0. The van der Waals surface area contributed by atoms with Crippen LogP contribution in [-0.4, -0.2) is 45.8 Å². The molecular weight excluding hydrogens is 400 g/mol. The van der Waals surface area contributed by atoms with E-state index in [4.69, 9.17) is 9.47 Å². The first-order valence-corrected chi connectivity index (χ1v) is 9.72. The third-order valence-electron chi connectivity index (χ3n) is 4.28. The molecule has 0 bridgehead atoms. The molecule has 0 aliphatic carbocycles. The number of nitrogens with one attached hydrogen (secondary N) is 1. The highest BCUT2D eigenvalue weighted by molar-refractivity contribution is 6.03. The van der Waals surface area contributed by atoms with Crippen LogP contribution in [0.15, 0.2) is 48.7 Å². The van der Waals surface area contributed by atoms with Gasteiger partial charge in [-0.1, -0.05) is 0 Å². The number of rotatable bonds is 7. The quantitative estimate of drug-likeness (QED) is 0.582. The predicted molar refractivity (Wildman–Crippen MR) is 112 cm³/mol. The second-order valence-electron chi connectivity index (χ2n) is 6.42. The van der Waals surface area contributed by atoms with Crippen LogP contribution in [0.4, 0.5) is 5.69 Å². The van der Waals surface area contributed by atoms with Crippen molar-refractivity contribution in [2.24, 2.45) is 0 Å². The summed E-state index contributed by atoms with van der Waals surface area (Å²) in [4.78, 5) is 40.3. The van der Waals surface area contributed by atoms with E-state index in [2.05, 4.69) is 15.4 Å². The Morgan fingerprint density at radius 1 is 0.903 bits per heavy atom. The summed E-state index contributed by atoms with van der Waals surface area (Å²) in [7, 11) is 0. The van der Waals surface area contributed by atoms with Gasteiger partial charge < -0.3 is 14.8 Å². The van der Waals surface area contributed by atoms with Crippen LogP contribution in [0.2, 0.25) is 0 Å². The molecule has 2 heterocycles. The van der Waals surface area contributed by atoms with Gasteiger partial charge in [0.1, 0.15) is 5.69 Å². The lowest BCUT2D eigenvalue weighted by Gasteiger charge is -2.09. The van der Waals surface area contributed by atoms with Crippen molar-refractivity contribution in [3.63, 3.8) is 0 Å². The van der Waals surface area contributed by atoms with E-state index < -0.39 is 17.8 Å². The fraction of sp³-hybridized carbons (Fsp3) is 0.227. The van der Waals surface area contributed by atoms with Crippen molar-refractivity contribution in [2.45, 2.75) is 20.8 Å². The third-order valence-corrected chi connectivity index (χ3v) is 4.28. The zero-order valence-electron chi connectivity index (χ0n) is 17.4. The van der Waals surface area contributed by atoms with Crippen molar-refractivity contribution in [1.82, 2.24) is 14.8 Å². The Bertz CT molecular complexity index is 1110. The van der Waals surface area contributed by atoms with Crippen LogP contribution in [0, 0.1) is 6.92 Å². The molecule has 9 heteroatoms. The average molecular weight is 422 g/mol. The Hall–Kier alpha value is -4.01. The SMILES string of the molecule is CCOC(=O)c1ccn(-c2ccc(NC(=O)c3ccc(C(=O)OCC)c(C)n3)cc2)n1. The number of esters is 2. The molecule has 31 heavy (non-hydrogen) atoms. The number of hydrogen-bond acceptors (Lipinski definition) is 7. The third kappa shape index (κ3) is 5.13. The number of aryl methyl sites for hydroxylation is 1. The van der Waals surface area contributed by atoms with E-state index in [9.17, 15) is 14.4 Å². The van der Waals surface area contributed by atoms with Crippen molar-refractivity contribution in [1.29, 1.82) is 0 Å². The van der Waals surface area contributed by atoms with Gasteiger partial charge in [0, 0.05) is 11.9 Å². The highest BCUT2D eigenvalue weighted by Crippen LogP contribution is 2.15. The molecule has 0 spiro atoms. The number of carbonyl (C=O) groups excluding carboxylic acids is 3. The van der Waals surface area contributed by atoms with Crippen LogP contribution < -0.4 is 5.32 Å². The Morgan fingerprint density at radius 2 is 1.58 bits per heavy atom. The average Bonchev–Trinajstić information content (AvgIpc) is 3.25. The van der Waals surface area contributed by atoms with Crippen LogP contribution in [-0.2, 0) is 9.47 Å². The molecule has 1 amide bonds. The normalized spacial score (nSPS) is 10.4. The summed E-state index contributed by atoms with van der Waals surface area (Å²) in [6, 6.07) is 11.5. The maximum atomic E-state index is 12.5. The van der Waals surface area contributed by atoms with E-state index in [1.165, 1.54) is 16.8 Å². The summed E-state index contributed by atoms with van der Waals surface area (Å²) in [5, 5.41) is 6.95. The molecule has 3 rings (SSSR count). The first-order valence-electron chi connectivity index (χ1n) is 9.72. The fourth-order valence-corrected chi connectivity index (χ4v) is 2.79. The summed E-state index contributed by atoms with van der Waals surface area (Å²) in [6.07, 6.45) is 1.65. The van der Waals surface area contributed by atoms with Crippen molar-refractivity contribution < 1.29 is 23.9 Å². The lowest BCUT2D eigenvalue weighted by atomic mass is 10.2. The first-order chi connectivity index (χ1) is 14.9. The van der Waals surface area contributed by atoms with Crippen LogP contribution in [0.1, 0.15) is 50.9 Å². The van der Waals surface area contributed by atoms with Gasteiger partial charge in [-0.15, -0.1) is 0 Å². The second kappa shape index (κ2) is 9.66. The number of carbonyl (C=O) groups is 3. The summed E-state index contributed by atoms with van der Waals surface area (Å²) in [5.41, 5.74) is 2.40. The van der Waals surface area contributed by atoms with Crippen molar-refractivity contribution in [3.05, 3.63) is 71.3 Å². The minimum Gasteiger partial charge on any atom is -0.462 e. The standard InChI is InChI=1S/C22H22N4O5/c1-4-30-21(28)17-10-11-18(23-14(17)3)20(27)24-15-6-8-16(9-7-15)26-13-12-19(25-26)22(29)31-5-2/h6-13H,4-5H2,1-3H3,(H,24,27).